The Kier molecular flexibility index (Phi) is 3.35. The third-order valence-corrected chi connectivity index (χ3v) is 2.68. The Labute approximate surface area is 111 Å². The molecule has 0 unspecified atom stereocenters. The van der Waals surface area contributed by atoms with Gasteiger partial charge in [0.25, 0.3) is 0 Å². The van der Waals surface area contributed by atoms with E-state index in [1.165, 1.54) is 19.1 Å². The molecular formula is C12H8ClFN2O3. The van der Waals surface area contributed by atoms with Gasteiger partial charge in [-0.25, -0.2) is 13.9 Å². The number of aromatic nitrogens is 2. The largest absolute Gasteiger partial charge is 0.476 e. The number of aromatic carboxylic acids is 1. The highest BCUT2D eigenvalue weighted by Gasteiger charge is 2.15. The van der Waals surface area contributed by atoms with Gasteiger partial charge in [0.05, 0.1) is 0 Å². The maximum atomic E-state index is 13.8. The maximum Gasteiger partial charge on any atom is 0.360 e. The Morgan fingerprint density at radius 1 is 1.42 bits per heavy atom. The zero-order chi connectivity index (χ0) is 14.2. The summed E-state index contributed by atoms with van der Waals surface area (Å²) in [4.78, 5) is 22.3. The lowest BCUT2D eigenvalue weighted by Gasteiger charge is -2.10. The van der Waals surface area contributed by atoms with E-state index in [4.69, 9.17) is 16.7 Å². The predicted octanol–water partition coefficient (Wildman–Crippen LogP) is 2.03. The molecule has 1 N–H and O–H groups in total. The molecule has 1 aromatic carbocycles. The van der Waals surface area contributed by atoms with Crippen LogP contribution in [0, 0.1) is 12.7 Å². The van der Waals surface area contributed by atoms with Gasteiger partial charge in [-0.15, -0.1) is 0 Å². The first kappa shape index (κ1) is 13.2. The van der Waals surface area contributed by atoms with Crippen molar-refractivity contribution in [3.63, 3.8) is 0 Å². The van der Waals surface area contributed by atoms with E-state index < -0.39 is 22.9 Å². The number of benzene rings is 1. The van der Waals surface area contributed by atoms with E-state index in [0.29, 0.717) is 5.69 Å². The van der Waals surface area contributed by atoms with E-state index >= 15 is 0 Å². The van der Waals surface area contributed by atoms with E-state index in [1.54, 1.807) is 0 Å². The number of carbonyl (C=O) groups is 1. The minimum absolute atomic E-state index is 0.0180. The molecule has 0 atom stereocenters. The fourth-order valence-electron chi connectivity index (χ4n) is 1.59. The number of hydrogen-bond donors (Lipinski definition) is 1. The van der Waals surface area contributed by atoms with Crippen LogP contribution in [0.3, 0.4) is 0 Å². The highest BCUT2D eigenvalue weighted by atomic mass is 35.5. The molecule has 0 fully saturated rings. The molecule has 0 radical (unpaired) electrons. The molecule has 5 nitrogen and oxygen atoms in total. The van der Waals surface area contributed by atoms with Crippen LogP contribution in [0.2, 0.25) is 5.02 Å². The molecule has 2 aromatic rings. The normalized spacial score (nSPS) is 10.5. The summed E-state index contributed by atoms with van der Waals surface area (Å²) in [6.45, 7) is 1.52. The van der Waals surface area contributed by atoms with Gasteiger partial charge in [-0.2, -0.15) is 5.10 Å². The molecule has 98 valence electrons. The van der Waals surface area contributed by atoms with Crippen molar-refractivity contribution < 1.29 is 14.3 Å². The number of hydrogen-bond acceptors (Lipinski definition) is 3. The number of carboxylic acid groups (broad SMARTS) is 1. The molecule has 0 bridgehead atoms. The van der Waals surface area contributed by atoms with Crippen LogP contribution in [0.5, 0.6) is 0 Å². The molecule has 1 heterocycles. The molecule has 7 heteroatoms. The zero-order valence-electron chi connectivity index (χ0n) is 9.72. The smallest absolute Gasteiger partial charge is 0.360 e. The van der Waals surface area contributed by atoms with Crippen molar-refractivity contribution in [1.29, 1.82) is 0 Å². The van der Waals surface area contributed by atoms with E-state index in [-0.39, 0.29) is 10.7 Å². The number of aryl methyl sites for hydroxylation is 1. The highest BCUT2D eigenvalue weighted by Crippen LogP contribution is 2.18. The van der Waals surface area contributed by atoms with Crippen LogP contribution in [0.1, 0.15) is 16.2 Å². The van der Waals surface area contributed by atoms with E-state index in [0.717, 1.165) is 16.8 Å². The summed E-state index contributed by atoms with van der Waals surface area (Å²) in [6.07, 6.45) is 0. The fraction of sp³-hybridized carbons (Fsp3) is 0.0833. The van der Waals surface area contributed by atoms with Crippen molar-refractivity contribution in [3.8, 4) is 5.69 Å². The lowest BCUT2D eigenvalue weighted by molar-refractivity contribution is 0.0686. The van der Waals surface area contributed by atoms with Crippen LogP contribution in [-0.2, 0) is 0 Å². The predicted molar refractivity (Wildman–Crippen MR) is 66.5 cm³/mol. The lowest BCUT2D eigenvalue weighted by atomic mass is 10.2. The van der Waals surface area contributed by atoms with Gasteiger partial charge in [0, 0.05) is 16.8 Å². The van der Waals surface area contributed by atoms with E-state index in [2.05, 4.69) is 5.10 Å². The lowest BCUT2D eigenvalue weighted by Crippen LogP contribution is -2.22. The number of rotatable bonds is 2. The van der Waals surface area contributed by atoms with Crippen molar-refractivity contribution >= 4 is 17.6 Å². The summed E-state index contributed by atoms with van der Waals surface area (Å²) in [6, 6.07) is 4.97. The molecule has 0 spiro atoms. The average Bonchev–Trinajstić information content (AvgIpc) is 2.30. The standard InChI is InChI=1S/C12H8ClFN2O3/c1-6-4-10(17)11(12(18)19)15-16(6)9-3-2-7(13)5-8(9)14/h2-5H,1H3,(H,18,19). The van der Waals surface area contributed by atoms with Crippen molar-refractivity contribution in [1.82, 2.24) is 9.78 Å². The van der Waals surface area contributed by atoms with Gasteiger partial charge < -0.3 is 5.11 Å². The Balaban J connectivity index is 2.71. The minimum Gasteiger partial charge on any atom is -0.476 e. The van der Waals surface area contributed by atoms with Gasteiger partial charge in [-0.1, -0.05) is 11.6 Å². The Morgan fingerprint density at radius 2 is 2.11 bits per heavy atom. The second-order valence-corrected chi connectivity index (χ2v) is 4.25. The van der Waals surface area contributed by atoms with Gasteiger partial charge >= 0.3 is 5.97 Å². The van der Waals surface area contributed by atoms with E-state index in [1.807, 2.05) is 0 Å². The molecule has 0 amide bonds. The van der Waals surface area contributed by atoms with Crippen LogP contribution < -0.4 is 5.43 Å². The van der Waals surface area contributed by atoms with Gasteiger partial charge in [-0.05, 0) is 25.1 Å². The average molecular weight is 283 g/mol. The summed E-state index contributed by atoms with van der Waals surface area (Å²) in [5, 5.41) is 12.7. The fourth-order valence-corrected chi connectivity index (χ4v) is 1.75. The second kappa shape index (κ2) is 4.81. The Bertz CT molecular complexity index is 727. The van der Waals surface area contributed by atoms with Crippen LogP contribution in [0.15, 0.2) is 29.1 Å². The topological polar surface area (TPSA) is 72.2 Å². The highest BCUT2D eigenvalue weighted by molar-refractivity contribution is 6.30. The third kappa shape index (κ3) is 2.48. The molecule has 0 aliphatic heterocycles. The summed E-state index contributed by atoms with van der Waals surface area (Å²) in [5.41, 5.74) is -1.06. The molecule has 0 saturated heterocycles. The van der Waals surface area contributed by atoms with Crippen LogP contribution >= 0.6 is 11.6 Å². The van der Waals surface area contributed by atoms with Crippen molar-refractivity contribution in [3.05, 3.63) is 56.7 Å². The van der Waals surface area contributed by atoms with Gasteiger partial charge in [-0.3, -0.25) is 4.79 Å². The van der Waals surface area contributed by atoms with Crippen molar-refractivity contribution in [2.75, 3.05) is 0 Å². The second-order valence-electron chi connectivity index (χ2n) is 3.81. The molecule has 19 heavy (non-hydrogen) atoms. The first-order valence-electron chi connectivity index (χ1n) is 5.20. The third-order valence-electron chi connectivity index (χ3n) is 2.45. The summed E-state index contributed by atoms with van der Waals surface area (Å²) in [7, 11) is 0. The van der Waals surface area contributed by atoms with Crippen LogP contribution in [0.25, 0.3) is 5.69 Å². The summed E-state index contributed by atoms with van der Waals surface area (Å²) >= 11 is 5.64. The van der Waals surface area contributed by atoms with Crippen molar-refractivity contribution in [2.45, 2.75) is 6.92 Å². The summed E-state index contributed by atoms with van der Waals surface area (Å²) in [5.74, 6) is -2.13. The van der Waals surface area contributed by atoms with Gasteiger partial charge in [0.2, 0.25) is 11.1 Å². The quantitative estimate of drug-likeness (QED) is 0.915. The zero-order valence-corrected chi connectivity index (χ0v) is 10.5. The first-order valence-corrected chi connectivity index (χ1v) is 5.57. The minimum atomic E-state index is -1.46. The molecule has 1 aromatic heterocycles. The van der Waals surface area contributed by atoms with Crippen LogP contribution in [0.4, 0.5) is 4.39 Å². The maximum absolute atomic E-state index is 13.8. The van der Waals surface area contributed by atoms with Crippen LogP contribution in [-0.4, -0.2) is 20.9 Å². The van der Waals surface area contributed by atoms with Gasteiger partial charge in [0.15, 0.2) is 0 Å². The summed E-state index contributed by atoms with van der Waals surface area (Å²) < 4.78 is 14.8. The first-order chi connectivity index (χ1) is 8.90. The number of nitrogens with zero attached hydrogens (tertiary/aromatic N) is 2. The SMILES string of the molecule is Cc1cc(=O)c(C(=O)O)nn1-c1ccc(Cl)cc1F. The molecule has 0 saturated carbocycles. The monoisotopic (exact) mass is 282 g/mol. The molecule has 2 rings (SSSR count). The van der Waals surface area contributed by atoms with E-state index in [9.17, 15) is 14.0 Å². The van der Waals surface area contributed by atoms with Gasteiger partial charge in [0.1, 0.15) is 11.5 Å². The van der Waals surface area contributed by atoms with Crippen molar-refractivity contribution in [2.24, 2.45) is 0 Å². The molecule has 0 aliphatic rings. The Morgan fingerprint density at radius 3 is 2.68 bits per heavy atom. The number of carboxylic acids is 1. The Hall–Kier alpha value is -2.21. The molecular weight excluding hydrogens is 275 g/mol. The molecule has 0 aliphatic carbocycles. The number of halogens is 2.